The predicted molar refractivity (Wildman–Crippen MR) is 69.8 cm³/mol. The van der Waals surface area contributed by atoms with Crippen LogP contribution >= 0.6 is 0 Å². The van der Waals surface area contributed by atoms with E-state index in [9.17, 15) is 22.8 Å². The van der Waals surface area contributed by atoms with Crippen molar-refractivity contribution in [3.8, 4) is 0 Å². The van der Waals surface area contributed by atoms with Crippen LogP contribution in [0.5, 0.6) is 0 Å². The normalized spacial score (nSPS) is 18.0. The van der Waals surface area contributed by atoms with Gasteiger partial charge in [-0.15, -0.1) is 0 Å². The molecule has 1 saturated carbocycles. The van der Waals surface area contributed by atoms with E-state index in [2.05, 4.69) is 10.6 Å². The highest BCUT2D eigenvalue weighted by Gasteiger charge is 2.34. The molecule has 1 aliphatic rings. The van der Waals surface area contributed by atoms with E-state index in [1.807, 2.05) is 0 Å². The first-order valence-corrected chi connectivity index (χ1v) is 7.03. The van der Waals surface area contributed by atoms with Crippen molar-refractivity contribution in [3.63, 3.8) is 0 Å². The standard InChI is InChI=1S/C13H21F3N2O3/c14-13(15,16)6-7-17-11(21)18-9-12(8-10(19)20)4-2-1-3-5-12/h1-9H2,(H,19,20)(H2,17,18,21). The Hall–Kier alpha value is -1.47. The zero-order chi connectivity index (χ0) is 15.9. The fourth-order valence-electron chi connectivity index (χ4n) is 2.69. The molecule has 0 atom stereocenters. The van der Waals surface area contributed by atoms with Gasteiger partial charge in [-0.05, 0) is 18.3 Å². The van der Waals surface area contributed by atoms with Gasteiger partial charge in [0.05, 0.1) is 12.8 Å². The fourth-order valence-corrected chi connectivity index (χ4v) is 2.69. The van der Waals surface area contributed by atoms with Crippen molar-refractivity contribution in [3.05, 3.63) is 0 Å². The predicted octanol–water partition coefficient (Wildman–Crippen LogP) is 2.66. The van der Waals surface area contributed by atoms with Crippen LogP contribution in [0.25, 0.3) is 0 Å². The van der Waals surface area contributed by atoms with Crippen LogP contribution in [0.3, 0.4) is 0 Å². The van der Waals surface area contributed by atoms with Crippen molar-refractivity contribution < 1.29 is 27.9 Å². The first kappa shape index (κ1) is 17.6. The van der Waals surface area contributed by atoms with Gasteiger partial charge in [-0.1, -0.05) is 19.3 Å². The van der Waals surface area contributed by atoms with Crippen LogP contribution in [0.1, 0.15) is 44.9 Å². The minimum Gasteiger partial charge on any atom is -0.481 e. The summed E-state index contributed by atoms with van der Waals surface area (Å²) < 4.78 is 35.9. The summed E-state index contributed by atoms with van der Waals surface area (Å²) in [6.07, 6.45) is -1.14. The summed E-state index contributed by atoms with van der Waals surface area (Å²) in [5.41, 5.74) is -0.481. The van der Waals surface area contributed by atoms with Crippen molar-refractivity contribution >= 4 is 12.0 Å². The monoisotopic (exact) mass is 310 g/mol. The second-order valence-electron chi connectivity index (χ2n) is 5.61. The average molecular weight is 310 g/mol. The highest BCUT2D eigenvalue weighted by Crippen LogP contribution is 2.38. The Morgan fingerprint density at radius 3 is 2.24 bits per heavy atom. The molecule has 3 N–H and O–H groups in total. The number of carbonyl (C=O) groups is 2. The van der Waals surface area contributed by atoms with E-state index in [1.165, 1.54) is 0 Å². The quantitative estimate of drug-likeness (QED) is 0.706. The summed E-state index contributed by atoms with van der Waals surface area (Å²) in [7, 11) is 0. The van der Waals surface area contributed by atoms with E-state index in [1.54, 1.807) is 0 Å². The van der Waals surface area contributed by atoms with E-state index in [0.717, 1.165) is 19.3 Å². The molecule has 0 radical (unpaired) electrons. The molecular formula is C13H21F3N2O3. The molecule has 1 fully saturated rings. The highest BCUT2D eigenvalue weighted by atomic mass is 19.4. The molecule has 0 aliphatic heterocycles. The lowest BCUT2D eigenvalue weighted by atomic mass is 9.72. The van der Waals surface area contributed by atoms with Crippen LogP contribution < -0.4 is 10.6 Å². The lowest BCUT2D eigenvalue weighted by Crippen LogP contribution is -2.45. The number of aliphatic carboxylic acids is 1. The number of carboxylic acid groups (broad SMARTS) is 1. The third-order valence-corrected chi connectivity index (χ3v) is 3.76. The summed E-state index contributed by atoms with van der Waals surface area (Å²) >= 11 is 0. The highest BCUT2D eigenvalue weighted by molar-refractivity contribution is 5.74. The van der Waals surface area contributed by atoms with Gasteiger partial charge < -0.3 is 15.7 Å². The molecule has 0 unspecified atom stereocenters. The third-order valence-electron chi connectivity index (χ3n) is 3.76. The number of hydrogen-bond acceptors (Lipinski definition) is 2. The van der Waals surface area contributed by atoms with Crippen LogP contribution in [0.2, 0.25) is 0 Å². The zero-order valence-electron chi connectivity index (χ0n) is 11.8. The number of amides is 2. The Balaban J connectivity index is 2.38. The number of rotatable bonds is 6. The number of hydrogen-bond donors (Lipinski definition) is 3. The SMILES string of the molecule is O=C(O)CC1(CNC(=O)NCCC(F)(F)F)CCCCC1. The van der Waals surface area contributed by atoms with Gasteiger partial charge in [0.1, 0.15) is 0 Å². The molecule has 2 amide bonds. The molecule has 21 heavy (non-hydrogen) atoms. The molecule has 1 aliphatic carbocycles. The molecule has 0 aromatic carbocycles. The Bertz CT molecular complexity index is 366. The smallest absolute Gasteiger partial charge is 0.390 e. The van der Waals surface area contributed by atoms with Crippen molar-refractivity contribution in [2.75, 3.05) is 13.1 Å². The summed E-state index contributed by atoms with van der Waals surface area (Å²) in [5.74, 6) is -0.920. The Kier molecular flexibility index (Phi) is 6.29. The van der Waals surface area contributed by atoms with Gasteiger partial charge >= 0.3 is 18.2 Å². The second kappa shape index (κ2) is 7.51. The van der Waals surface area contributed by atoms with Gasteiger partial charge in [0.15, 0.2) is 0 Å². The minimum absolute atomic E-state index is 0.0319. The van der Waals surface area contributed by atoms with E-state index in [-0.39, 0.29) is 13.0 Å². The fraction of sp³-hybridized carbons (Fsp3) is 0.846. The first-order chi connectivity index (χ1) is 9.72. The molecule has 0 bridgehead atoms. The van der Waals surface area contributed by atoms with Crippen molar-refractivity contribution in [2.24, 2.45) is 5.41 Å². The summed E-state index contributed by atoms with van der Waals surface area (Å²) in [4.78, 5) is 22.4. The Labute approximate surface area is 121 Å². The van der Waals surface area contributed by atoms with Crippen LogP contribution in [0.15, 0.2) is 0 Å². The van der Waals surface area contributed by atoms with Crippen LogP contribution in [-0.2, 0) is 4.79 Å². The number of urea groups is 1. The van der Waals surface area contributed by atoms with Crippen LogP contribution in [0.4, 0.5) is 18.0 Å². The number of carboxylic acids is 1. The van der Waals surface area contributed by atoms with Gasteiger partial charge in [0.25, 0.3) is 0 Å². The van der Waals surface area contributed by atoms with E-state index < -0.39 is 36.6 Å². The van der Waals surface area contributed by atoms with Crippen molar-refractivity contribution in [1.82, 2.24) is 10.6 Å². The molecule has 0 spiro atoms. The molecule has 8 heteroatoms. The van der Waals surface area contributed by atoms with Crippen LogP contribution in [0, 0.1) is 5.41 Å². The second-order valence-corrected chi connectivity index (χ2v) is 5.61. The summed E-state index contributed by atoms with van der Waals surface area (Å²) in [6, 6.07) is -0.686. The third kappa shape index (κ3) is 7.19. The van der Waals surface area contributed by atoms with E-state index in [4.69, 9.17) is 5.11 Å². The Morgan fingerprint density at radius 2 is 1.71 bits per heavy atom. The largest absolute Gasteiger partial charge is 0.481 e. The summed E-state index contributed by atoms with van der Waals surface area (Å²) in [6.45, 7) is -0.307. The zero-order valence-corrected chi connectivity index (χ0v) is 11.8. The molecule has 0 saturated heterocycles. The maximum absolute atomic E-state index is 12.0. The van der Waals surface area contributed by atoms with E-state index >= 15 is 0 Å². The maximum atomic E-state index is 12.0. The average Bonchev–Trinajstić information content (AvgIpc) is 2.35. The molecule has 0 aromatic rings. The minimum atomic E-state index is -4.30. The Morgan fingerprint density at radius 1 is 1.10 bits per heavy atom. The number of nitrogens with one attached hydrogen (secondary N) is 2. The van der Waals surface area contributed by atoms with Gasteiger partial charge in [-0.25, -0.2) is 4.79 Å². The van der Waals surface area contributed by atoms with Crippen molar-refractivity contribution in [2.45, 2.75) is 51.1 Å². The van der Waals surface area contributed by atoms with E-state index in [0.29, 0.717) is 12.8 Å². The maximum Gasteiger partial charge on any atom is 0.390 e. The van der Waals surface area contributed by atoms with Crippen LogP contribution in [-0.4, -0.2) is 36.4 Å². The topological polar surface area (TPSA) is 78.4 Å². The molecular weight excluding hydrogens is 289 g/mol. The number of alkyl halides is 3. The molecule has 5 nitrogen and oxygen atoms in total. The molecule has 1 rings (SSSR count). The van der Waals surface area contributed by atoms with Gasteiger partial charge in [0, 0.05) is 13.1 Å². The van der Waals surface area contributed by atoms with Gasteiger partial charge in [-0.2, -0.15) is 13.2 Å². The molecule has 0 aromatic heterocycles. The lowest BCUT2D eigenvalue weighted by Gasteiger charge is -2.36. The first-order valence-electron chi connectivity index (χ1n) is 7.03. The molecule has 0 heterocycles. The lowest BCUT2D eigenvalue weighted by molar-refractivity contribution is -0.140. The van der Waals surface area contributed by atoms with Gasteiger partial charge in [-0.3, -0.25) is 4.79 Å². The van der Waals surface area contributed by atoms with Gasteiger partial charge in [0.2, 0.25) is 0 Å². The summed E-state index contributed by atoms with van der Waals surface area (Å²) in [5, 5.41) is 13.6. The number of halogens is 3. The van der Waals surface area contributed by atoms with Crippen molar-refractivity contribution in [1.29, 1.82) is 0 Å². The number of carbonyl (C=O) groups excluding carboxylic acids is 1. The molecule has 122 valence electrons.